The fraction of sp³-hybridized carbons (Fsp3) is 0.316. The first-order valence-corrected chi connectivity index (χ1v) is 61.8. The minimum atomic E-state index is -3.21. The van der Waals surface area contributed by atoms with Crippen LogP contribution in [0.25, 0.3) is 0 Å². The highest BCUT2D eigenvalue weighted by atomic mass is 32.7. The molecule has 45 nitrogen and oxygen atoms in total. The van der Waals surface area contributed by atoms with Crippen molar-refractivity contribution in [3.63, 3.8) is 0 Å². The van der Waals surface area contributed by atoms with Crippen LogP contribution in [0, 0.1) is 50.6 Å². The number of amides is 5. The van der Waals surface area contributed by atoms with E-state index < -0.39 is 58.1 Å². The Bertz CT molecular complexity index is 6320. The van der Waals surface area contributed by atoms with Crippen molar-refractivity contribution in [2.24, 2.45) is 0 Å². The molecule has 0 aromatic heterocycles. The van der Waals surface area contributed by atoms with E-state index in [0.29, 0.717) is 150 Å². The Morgan fingerprint density at radius 2 is 0.620 bits per heavy atom. The van der Waals surface area contributed by atoms with E-state index in [0.717, 1.165) is 58.7 Å². The van der Waals surface area contributed by atoms with Crippen LogP contribution in [0.4, 0.5) is 28.4 Å². The second-order valence-electron chi connectivity index (χ2n) is 33.6. The molecule has 5 N–H and O–H groups in total. The summed E-state index contributed by atoms with van der Waals surface area (Å²) in [5.74, 6) is 3.16. The van der Waals surface area contributed by atoms with E-state index in [1.54, 1.807) is 272 Å². The van der Waals surface area contributed by atoms with Gasteiger partial charge >= 0.3 is 48.7 Å². The van der Waals surface area contributed by atoms with Crippen molar-refractivity contribution in [1.82, 2.24) is 54.6 Å². The average molecular weight is 2260 g/mol. The van der Waals surface area contributed by atoms with E-state index in [-0.39, 0.29) is 92.5 Å². The Morgan fingerprint density at radius 3 is 0.893 bits per heavy atom. The Labute approximate surface area is 885 Å². The summed E-state index contributed by atoms with van der Waals surface area (Å²) >= 11 is 5.80. The van der Waals surface area contributed by atoms with Crippen molar-refractivity contribution in [3.8, 4) is 57.5 Å². The summed E-state index contributed by atoms with van der Waals surface area (Å²) in [5.41, 5.74) is 5.09. The minimum absolute atomic E-state index is 0.0496. The molecule has 150 heavy (non-hydrogen) atoms. The van der Waals surface area contributed by atoms with Gasteiger partial charge in [0.15, 0.2) is 0 Å². The van der Waals surface area contributed by atoms with E-state index in [1.807, 2.05) is 0 Å². The molecule has 14 rings (SSSR count). The summed E-state index contributed by atoms with van der Waals surface area (Å²) in [4.78, 5) is 122. The molecule has 5 amide bonds. The number of nitrogens with one attached hydrogen (secondary N) is 5. The number of rotatable bonds is 37. The van der Waals surface area contributed by atoms with E-state index in [1.165, 1.54) is 95.0 Å². The fourth-order valence-corrected chi connectivity index (χ4v) is 30.6. The van der Waals surface area contributed by atoms with Crippen molar-refractivity contribution in [1.29, 1.82) is 0 Å². The minimum Gasteiger partial charge on any atom is -0.450 e. The molecule has 2 unspecified atom stereocenters. The van der Waals surface area contributed by atoms with E-state index >= 15 is 0 Å². The van der Waals surface area contributed by atoms with Gasteiger partial charge in [-0.05, 0) is 260 Å². The molecule has 2 atom stereocenters. The zero-order chi connectivity index (χ0) is 109. The fourth-order valence-electron chi connectivity index (χ4n) is 13.3. The highest BCUT2D eigenvalue weighted by Crippen LogP contribution is 2.66. The maximum absolute atomic E-state index is 12.9. The monoisotopic (exact) mass is 2260 g/mol. The molecule has 802 valence electrons. The zero-order valence-corrected chi connectivity index (χ0v) is 92.3. The van der Waals surface area contributed by atoms with Gasteiger partial charge < -0.3 is 66.3 Å². The van der Waals surface area contributed by atoms with Gasteiger partial charge in [-0.15, -0.1) is 0 Å². The summed E-state index contributed by atoms with van der Waals surface area (Å²) in [7, 11) is 21.5. The van der Waals surface area contributed by atoms with Gasteiger partial charge in [-0.2, -0.15) is 0 Å². The summed E-state index contributed by atoms with van der Waals surface area (Å²) < 4.78 is 115. The van der Waals surface area contributed by atoms with Crippen LogP contribution in [-0.4, -0.2) is 228 Å². The standard InChI is InChI=1S/C20H24N3O6PS.C19H23N4O5PS.C19H22N3O6PS.C19H21N2O7PS.C18H23N4O5PS/c1-21(2)20(24)16-6-8-17(9-7-16)29-19-13-15(5-10-18(19)23(25)26)14-31-30(27)22(3)11-4-12-28-30;1-22(2)19(24)15-5-7-16(8-6-15)28-18-12-14(4-9-17(18)23(25)26)13-30-29(27)20-10-3-11-21-29;1-21(2)19(23)15-5-7-16(8-6-15)28-18-12-14(4-9-17(18)22(24)25)13-30-29(26)20-10-3-11-27-29;1-20(2)19(22)15-5-7-16(8-6-15)28-18-12-14(4-9-17(18)21(23)24)13-30-29(25)26-10-3-11-27-29;1-19-28(26,20-2)29-12-13-5-10-16(22(24)25)17(11-13)27-15-8-6-14(7-9-15)18(23)21(3)4/h5-10,13H,4,11-12,14H2,1-3H3;4-9,12H,3,10-11,13H2,1-2H3,(H2,20,21,27);4-9,12H,3,10-11,13H2,1-2H3,(H,20,26);4-9,12H,3,10-11,13H2,1-2H3;5-11H,12H2,1-4H3,(H2,19,20,26). The first-order chi connectivity index (χ1) is 71.2. The second-order valence-corrected chi connectivity index (χ2v) is 56.1. The number of benzene rings is 10. The number of nitro groups is 5. The van der Waals surface area contributed by atoms with Gasteiger partial charge in [0.25, 0.3) is 42.8 Å². The Morgan fingerprint density at radius 1 is 0.353 bits per heavy atom. The number of nitro benzene ring substituents is 5. The molecule has 4 heterocycles. The van der Waals surface area contributed by atoms with Crippen molar-refractivity contribution in [2.45, 2.75) is 54.4 Å². The Hall–Kier alpha value is -12.0. The highest BCUT2D eigenvalue weighted by molar-refractivity contribution is 8.57. The number of carbonyl (C=O) groups is 5. The van der Waals surface area contributed by atoms with Crippen LogP contribution in [-0.2, 0) is 69.7 Å². The third-order valence-electron chi connectivity index (χ3n) is 21.3. The largest absolute Gasteiger partial charge is 0.450 e. The zero-order valence-electron chi connectivity index (χ0n) is 83.8. The van der Waals surface area contributed by atoms with Crippen LogP contribution < -0.4 is 49.1 Å². The van der Waals surface area contributed by atoms with Crippen molar-refractivity contribution in [2.75, 3.05) is 144 Å². The van der Waals surface area contributed by atoms with Crippen molar-refractivity contribution >= 4 is 148 Å². The quantitative estimate of drug-likeness (QED) is 0.0137. The molecule has 55 heteroatoms. The molecule has 10 aromatic carbocycles. The molecule has 4 saturated heterocycles. The molecule has 4 aliphatic heterocycles. The third kappa shape index (κ3) is 35.9. The van der Waals surface area contributed by atoms with Crippen molar-refractivity contribution in [3.05, 3.63) is 319 Å². The summed E-state index contributed by atoms with van der Waals surface area (Å²) in [6, 6.07) is 54.5. The van der Waals surface area contributed by atoms with Crippen LogP contribution in [0.2, 0.25) is 0 Å². The van der Waals surface area contributed by atoms with Crippen LogP contribution >= 0.6 is 90.4 Å². The lowest BCUT2D eigenvalue weighted by Crippen LogP contribution is -2.29. The number of nitrogens with zero attached hydrogens (tertiary/aromatic N) is 11. The van der Waals surface area contributed by atoms with Crippen LogP contribution in [0.15, 0.2) is 212 Å². The van der Waals surface area contributed by atoms with Gasteiger partial charge in [-0.25, -0.2) is 34.7 Å². The molecule has 0 aliphatic carbocycles. The summed E-state index contributed by atoms with van der Waals surface area (Å²) in [5, 5.41) is 71.4. The topological polar surface area (TPSA) is 549 Å². The molecule has 4 aliphatic rings. The van der Waals surface area contributed by atoms with Gasteiger partial charge in [-0.3, -0.25) is 92.8 Å². The Balaban J connectivity index is 0.000000192. The molecule has 0 bridgehead atoms. The SMILES string of the molecule is CN(C)C(=O)c1ccc(Oc2cc(CSP3(=O)NCCCN3)ccc2[N+](=O)[O-])cc1.CN(C)C(=O)c1ccc(Oc2cc(CSP3(=O)NCCCO3)ccc2[N+](=O)[O-])cc1.CN(C)C(=O)c1ccc(Oc2cc(CSP3(=O)OCCCN3C)ccc2[N+](=O)[O-])cc1.CN(C)C(=O)c1ccc(Oc2cc(CSP3(=O)OCCCO3)ccc2[N+](=O)[O-])cc1.CNP(=O)(NC)SCc1ccc([N+](=O)[O-])c(Oc2ccc(C(=O)N(C)C)cc2)c1. The van der Waals surface area contributed by atoms with Crippen LogP contribution in [0.5, 0.6) is 57.5 Å². The van der Waals surface area contributed by atoms with E-state index in [4.69, 9.17) is 41.8 Å². The first kappa shape index (κ1) is 120. The smallest absolute Gasteiger partial charge is 0.389 e. The number of hydrogen-bond acceptors (Lipinski definition) is 34. The summed E-state index contributed by atoms with van der Waals surface area (Å²) in [6.45, 7) is -10.2. The lowest BCUT2D eigenvalue weighted by Gasteiger charge is -2.31. The van der Waals surface area contributed by atoms with Gasteiger partial charge in [0.1, 0.15) is 28.7 Å². The van der Waals surface area contributed by atoms with E-state index in [2.05, 4.69) is 25.4 Å². The normalized spacial score (nSPS) is 16.0. The predicted molar refractivity (Wildman–Crippen MR) is 580 cm³/mol. The Kier molecular flexibility index (Phi) is 45.1. The van der Waals surface area contributed by atoms with Gasteiger partial charge in [0.05, 0.1) is 51.0 Å². The van der Waals surface area contributed by atoms with Crippen LogP contribution in [0.1, 0.15) is 105 Å². The number of hydrogen-bond donors (Lipinski definition) is 5. The first-order valence-electron chi connectivity index (χ1n) is 45.7. The molecule has 10 aromatic rings. The molecule has 0 radical (unpaired) electrons. The van der Waals surface area contributed by atoms with Crippen molar-refractivity contribution < 1.29 is 113 Å². The predicted octanol–water partition coefficient (Wildman–Crippen LogP) is 22.0. The van der Waals surface area contributed by atoms with Crippen LogP contribution in [0.3, 0.4) is 0 Å². The highest BCUT2D eigenvalue weighted by Gasteiger charge is 2.36. The average Bonchev–Trinajstić information content (AvgIpc) is 0.833. The molecule has 0 spiro atoms. The van der Waals surface area contributed by atoms with Gasteiger partial charge in [-0.1, -0.05) is 53.1 Å². The third-order valence-corrected chi connectivity index (χ3v) is 42.9. The molecule has 4 fully saturated rings. The molecular formula is C95H113N16O29P5S5. The number of carbonyl (C=O) groups excluding carboxylic acids is 5. The second kappa shape index (κ2) is 56.4. The molecule has 0 saturated carbocycles. The summed E-state index contributed by atoms with van der Waals surface area (Å²) in [6.07, 6.45) is 3.24. The number of ether oxygens (including phenoxy) is 5. The lowest BCUT2D eigenvalue weighted by atomic mass is 10.2. The maximum Gasteiger partial charge on any atom is 0.389 e. The molecular weight excluding hydrogens is 2140 g/mol. The van der Waals surface area contributed by atoms with Gasteiger partial charge in [0, 0.05) is 184 Å². The van der Waals surface area contributed by atoms with E-state index in [9.17, 15) is 97.4 Å². The maximum atomic E-state index is 12.9. The van der Waals surface area contributed by atoms with Gasteiger partial charge in [0.2, 0.25) is 28.7 Å². The lowest BCUT2D eigenvalue weighted by molar-refractivity contribution is -0.385.